The molecule has 3 aromatic carbocycles. The maximum atomic E-state index is 13.8. The minimum absolute atomic E-state index is 0.138. The molecule has 0 spiro atoms. The van der Waals surface area contributed by atoms with E-state index >= 15 is 0 Å². The molecule has 1 aromatic heterocycles. The molecular weight excluding hydrogens is 436 g/mol. The number of para-hydroxylation sites is 1. The zero-order chi connectivity index (χ0) is 23.8. The molecule has 7 heteroatoms. The van der Waals surface area contributed by atoms with Gasteiger partial charge >= 0.3 is 0 Å². The van der Waals surface area contributed by atoms with Crippen LogP contribution < -0.4 is 29.1 Å². The van der Waals surface area contributed by atoms with Crippen molar-refractivity contribution >= 4 is 11.0 Å². The third-order valence-electron chi connectivity index (χ3n) is 6.17. The average molecular weight is 460 g/mol. The third kappa shape index (κ3) is 3.41. The van der Waals surface area contributed by atoms with Crippen molar-refractivity contribution in [1.82, 2.24) is 0 Å². The van der Waals surface area contributed by atoms with Crippen molar-refractivity contribution in [3.63, 3.8) is 0 Å². The fourth-order valence-electron chi connectivity index (χ4n) is 4.56. The minimum atomic E-state index is -0.588. The number of hydrogen-bond acceptors (Lipinski definition) is 7. The predicted molar refractivity (Wildman–Crippen MR) is 127 cm³/mol. The molecule has 1 atom stereocenters. The molecule has 1 aliphatic rings. The van der Waals surface area contributed by atoms with E-state index in [4.69, 9.17) is 28.1 Å². The highest BCUT2D eigenvalue weighted by Crippen LogP contribution is 2.50. The molecule has 1 aliphatic heterocycles. The SMILES string of the molecule is COc1cc2c(c(OC)c1)C(c1coc3ccccc3c1=O)c1c(OC)cc(OC)cc1OC2. The Kier molecular flexibility index (Phi) is 5.53. The van der Waals surface area contributed by atoms with Crippen molar-refractivity contribution in [1.29, 1.82) is 0 Å². The van der Waals surface area contributed by atoms with Gasteiger partial charge in [-0.3, -0.25) is 4.79 Å². The molecule has 0 aliphatic carbocycles. The van der Waals surface area contributed by atoms with E-state index in [0.717, 1.165) is 11.1 Å². The number of rotatable bonds is 5. The maximum Gasteiger partial charge on any atom is 0.196 e. The quantitative estimate of drug-likeness (QED) is 0.419. The molecule has 0 amide bonds. The number of hydrogen-bond donors (Lipinski definition) is 0. The van der Waals surface area contributed by atoms with Gasteiger partial charge in [-0.25, -0.2) is 0 Å². The van der Waals surface area contributed by atoms with E-state index in [2.05, 4.69) is 0 Å². The summed E-state index contributed by atoms with van der Waals surface area (Å²) in [5.74, 6) is 2.26. The molecule has 2 heterocycles. The van der Waals surface area contributed by atoms with Gasteiger partial charge in [0.15, 0.2) is 5.43 Å². The van der Waals surface area contributed by atoms with Gasteiger partial charge in [0, 0.05) is 40.5 Å². The summed E-state index contributed by atoms with van der Waals surface area (Å²) in [4.78, 5) is 13.8. The Labute approximate surface area is 196 Å². The minimum Gasteiger partial charge on any atom is -0.497 e. The lowest BCUT2D eigenvalue weighted by molar-refractivity contribution is 0.299. The molecule has 0 bridgehead atoms. The summed E-state index contributed by atoms with van der Waals surface area (Å²) < 4.78 is 34.6. The van der Waals surface area contributed by atoms with Gasteiger partial charge < -0.3 is 28.1 Å². The summed E-state index contributed by atoms with van der Waals surface area (Å²) in [5.41, 5.74) is 3.12. The monoisotopic (exact) mass is 460 g/mol. The van der Waals surface area contributed by atoms with Crippen molar-refractivity contribution < 1.29 is 28.1 Å². The van der Waals surface area contributed by atoms with Gasteiger partial charge in [0.2, 0.25) is 0 Å². The Morgan fingerprint density at radius 2 is 1.50 bits per heavy atom. The van der Waals surface area contributed by atoms with Crippen molar-refractivity contribution in [3.05, 3.63) is 87.3 Å². The molecule has 0 saturated heterocycles. The highest BCUT2D eigenvalue weighted by Gasteiger charge is 2.35. The molecule has 0 fully saturated rings. The largest absolute Gasteiger partial charge is 0.497 e. The second kappa shape index (κ2) is 8.67. The second-order valence-corrected chi connectivity index (χ2v) is 7.88. The molecule has 174 valence electrons. The highest BCUT2D eigenvalue weighted by atomic mass is 16.5. The van der Waals surface area contributed by atoms with Gasteiger partial charge in [-0.05, 0) is 18.2 Å². The van der Waals surface area contributed by atoms with Gasteiger partial charge in [-0.15, -0.1) is 0 Å². The lowest BCUT2D eigenvalue weighted by Crippen LogP contribution is -2.17. The highest BCUT2D eigenvalue weighted by molar-refractivity contribution is 5.77. The Bertz CT molecular complexity index is 1370. The zero-order valence-corrected chi connectivity index (χ0v) is 19.3. The Balaban J connectivity index is 1.90. The number of fused-ring (bicyclic) bond motifs is 3. The smallest absolute Gasteiger partial charge is 0.196 e. The van der Waals surface area contributed by atoms with Crippen LogP contribution in [-0.4, -0.2) is 28.4 Å². The fourth-order valence-corrected chi connectivity index (χ4v) is 4.56. The molecule has 34 heavy (non-hydrogen) atoms. The Hall–Kier alpha value is -4.13. The summed E-state index contributed by atoms with van der Waals surface area (Å²) in [7, 11) is 6.34. The molecule has 1 unspecified atom stereocenters. The Morgan fingerprint density at radius 1 is 0.824 bits per heavy atom. The third-order valence-corrected chi connectivity index (χ3v) is 6.17. The standard InChI is InChI=1S/C27H24O7/c1-29-16-9-15-13-33-23-12-17(30-2)11-22(32-4)26(23)25(24(15)21(10-16)31-3)19-14-34-20-8-6-5-7-18(20)27(19)28/h5-12,14,25H,13H2,1-4H3. The first-order valence-corrected chi connectivity index (χ1v) is 10.7. The van der Waals surface area contributed by atoms with E-state index in [9.17, 15) is 4.79 Å². The average Bonchev–Trinajstić information content (AvgIpc) is 3.05. The number of methoxy groups -OCH3 is 4. The molecule has 5 rings (SSSR count). The first-order valence-electron chi connectivity index (χ1n) is 10.7. The van der Waals surface area contributed by atoms with E-state index in [0.29, 0.717) is 50.8 Å². The molecule has 0 saturated carbocycles. The van der Waals surface area contributed by atoms with Gasteiger partial charge in [-0.2, -0.15) is 0 Å². The summed E-state index contributed by atoms with van der Waals surface area (Å²) in [6, 6.07) is 14.4. The summed E-state index contributed by atoms with van der Waals surface area (Å²) in [5, 5.41) is 0.494. The van der Waals surface area contributed by atoms with Crippen LogP contribution in [-0.2, 0) is 6.61 Å². The lowest BCUT2D eigenvalue weighted by Gasteiger charge is -2.24. The van der Waals surface area contributed by atoms with Crippen molar-refractivity contribution in [2.45, 2.75) is 12.5 Å². The van der Waals surface area contributed by atoms with Crippen LogP contribution >= 0.6 is 0 Å². The zero-order valence-electron chi connectivity index (χ0n) is 19.3. The summed E-state index contributed by atoms with van der Waals surface area (Å²) >= 11 is 0. The normalized spacial score (nSPS) is 14.4. The fraction of sp³-hybridized carbons (Fsp3) is 0.222. The van der Waals surface area contributed by atoms with Crippen LogP contribution in [0, 0.1) is 0 Å². The van der Waals surface area contributed by atoms with E-state index < -0.39 is 5.92 Å². The first-order chi connectivity index (χ1) is 16.6. The topological polar surface area (TPSA) is 76.4 Å². The van der Waals surface area contributed by atoms with Gasteiger partial charge in [0.05, 0.1) is 46.0 Å². The molecular formula is C27H24O7. The molecule has 0 N–H and O–H groups in total. The number of ether oxygens (including phenoxy) is 5. The Morgan fingerprint density at radius 3 is 2.21 bits per heavy atom. The van der Waals surface area contributed by atoms with Crippen molar-refractivity contribution in [3.8, 4) is 28.7 Å². The summed E-state index contributed by atoms with van der Waals surface area (Å²) in [6.45, 7) is 0.238. The molecule has 4 aromatic rings. The van der Waals surface area contributed by atoms with Crippen LogP contribution in [0.25, 0.3) is 11.0 Å². The van der Waals surface area contributed by atoms with Crippen LogP contribution in [0.15, 0.2) is 64.0 Å². The van der Waals surface area contributed by atoms with Crippen LogP contribution in [0.3, 0.4) is 0 Å². The second-order valence-electron chi connectivity index (χ2n) is 7.88. The van der Waals surface area contributed by atoms with Crippen molar-refractivity contribution in [2.75, 3.05) is 28.4 Å². The molecule has 0 radical (unpaired) electrons. The van der Waals surface area contributed by atoms with Crippen molar-refractivity contribution in [2.24, 2.45) is 0 Å². The van der Waals surface area contributed by atoms with E-state index in [1.165, 1.54) is 6.26 Å². The van der Waals surface area contributed by atoms with E-state index in [1.54, 1.807) is 58.8 Å². The first kappa shape index (κ1) is 21.7. The van der Waals surface area contributed by atoms with Crippen LogP contribution in [0.1, 0.15) is 28.2 Å². The maximum absolute atomic E-state index is 13.8. The van der Waals surface area contributed by atoms with E-state index in [-0.39, 0.29) is 12.0 Å². The lowest BCUT2D eigenvalue weighted by atomic mass is 9.82. The summed E-state index contributed by atoms with van der Waals surface area (Å²) in [6.07, 6.45) is 1.52. The van der Waals surface area contributed by atoms with Crippen LogP contribution in [0.4, 0.5) is 0 Å². The van der Waals surface area contributed by atoms with Gasteiger partial charge in [-0.1, -0.05) is 12.1 Å². The van der Waals surface area contributed by atoms with Gasteiger partial charge in [0.25, 0.3) is 0 Å². The molecule has 7 nitrogen and oxygen atoms in total. The van der Waals surface area contributed by atoms with Crippen LogP contribution in [0.2, 0.25) is 0 Å². The number of benzene rings is 3. The predicted octanol–water partition coefficient (Wildman–Crippen LogP) is 4.90. The van der Waals surface area contributed by atoms with E-state index in [1.807, 2.05) is 18.2 Å². The van der Waals surface area contributed by atoms with Crippen LogP contribution in [0.5, 0.6) is 28.7 Å². The van der Waals surface area contributed by atoms with Gasteiger partial charge in [0.1, 0.15) is 40.9 Å².